The van der Waals surface area contributed by atoms with E-state index >= 15 is 0 Å². The molecule has 0 spiro atoms. The number of aliphatic carboxylic acids is 1. The van der Waals surface area contributed by atoms with Gasteiger partial charge in [0.25, 0.3) is 0 Å². The molecule has 0 saturated heterocycles. The molecule has 0 amide bonds. The molecule has 2 atom stereocenters. The van der Waals surface area contributed by atoms with E-state index in [1.165, 1.54) is 25.7 Å². The minimum atomic E-state index is -0.737. The summed E-state index contributed by atoms with van der Waals surface area (Å²) >= 11 is 1.63. The summed E-state index contributed by atoms with van der Waals surface area (Å²) in [5.41, 5.74) is 0. The van der Waals surface area contributed by atoms with Crippen LogP contribution in [-0.4, -0.2) is 17.1 Å². The summed E-state index contributed by atoms with van der Waals surface area (Å²) in [5, 5.41) is 14.6. The zero-order valence-corrected chi connectivity index (χ0v) is 11.6. The van der Waals surface area contributed by atoms with Crippen LogP contribution in [0.3, 0.4) is 0 Å². The lowest BCUT2D eigenvalue weighted by Gasteiger charge is -2.25. The van der Waals surface area contributed by atoms with Gasteiger partial charge in [0, 0.05) is 10.9 Å². The molecule has 18 heavy (non-hydrogen) atoms. The van der Waals surface area contributed by atoms with Crippen LogP contribution in [0.5, 0.6) is 0 Å². The van der Waals surface area contributed by atoms with Gasteiger partial charge in [0.15, 0.2) is 0 Å². The van der Waals surface area contributed by atoms with E-state index in [1.807, 2.05) is 17.5 Å². The van der Waals surface area contributed by atoms with Gasteiger partial charge in [0.05, 0.1) is 12.5 Å². The van der Waals surface area contributed by atoms with Crippen LogP contribution in [0.15, 0.2) is 17.5 Å². The molecular formula is C14H21NO2S. The average molecular weight is 267 g/mol. The Labute approximate surface area is 112 Å². The van der Waals surface area contributed by atoms with Gasteiger partial charge in [0.1, 0.15) is 0 Å². The van der Waals surface area contributed by atoms with E-state index in [-0.39, 0.29) is 12.5 Å². The van der Waals surface area contributed by atoms with Gasteiger partial charge in [-0.15, -0.1) is 11.3 Å². The van der Waals surface area contributed by atoms with E-state index < -0.39 is 5.97 Å². The zero-order chi connectivity index (χ0) is 13.0. The number of carboxylic acid groups (broad SMARTS) is 1. The van der Waals surface area contributed by atoms with Gasteiger partial charge in [-0.2, -0.15) is 0 Å². The topological polar surface area (TPSA) is 49.3 Å². The normalized spacial score (nSPS) is 19.8. The third-order valence-electron chi connectivity index (χ3n) is 3.84. The second kappa shape index (κ2) is 6.34. The second-order valence-electron chi connectivity index (χ2n) is 5.17. The Morgan fingerprint density at radius 1 is 1.56 bits per heavy atom. The molecule has 1 aliphatic rings. The minimum absolute atomic E-state index is 0.0434. The molecule has 1 saturated carbocycles. The summed E-state index contributed by atoms with van der Waals surface area (Å²) in [4.78, 5) is 12.1. The highest BCUT2D eigenvalue weighted by atomic mass is 32.1. The molecule has 1 aliphatic carbocycles. The first-order valence-electron chi connectivity index (χ1n) is 6.68. The molecular weight excluding hydrogens is 246 g/mol. The smallest absolute Gasteiger partial charge is 0.305 e. The molecule has 100 valence electrons. The van der Waals surface area contributed by atoms with Crippen LogP contribution < -0.4 is 5.32 Å². The molecule has 0 aromatic carbocycles. The van der Waals surface area contributed by atoms with E-state index in [0.717, 1.165) is 4.88 Å². The van der Waals surface area contributed by atoms with Crippen LogP contribution in [0.25, 0.3) is 0 Å². The SMILES string of the molecule is CC(NC(CC(=O)O)c1cccs1)C1CCCC1. The molecule has 2 unspecified atom stereocenters. The van der Waals surface area contributed by atoms with Crippen LogP contribution in [0, 0.1) is 5.92 Å². The van der Waals surface area contributed by atoms with Gasteiger partial charge in [-0.1, -0.05) is 18.9 Å². The van der Waals surface area contributed by atoms with Crippen LogP contribution in [-0.2, 0) is 4.79 Å². The van der Waals surface area contributed by atoms with Crippen LogP contribution in [0.2, 0.25) is 0 Å². The lowest BCUT2D eigenvalue weighted by atomic mass is 9.98. The van der Waals surface area contributed by atoms with Crippen molar-refractivity contribution in [2.24, 2.45) is 5.92 Å². The molecule has 0 aliphatic heterocycles. The average Bonchev–Trinajstić information content (AvgIpc) is 3.01. The first-order chi connectivity index (χ1) is 8.66. The van der Waals surface area contributed by atoms with Gasteiger partial charge >= 0.3 is 5.97 Å². The number of carboxylic acids is 1. The van der Waals surface area contributed by atoms with Crippen molar-refractivity contribution >= 4 is 17.3 Å². The molecule has 4 heteroatoms. The predicted octanol–water partition coefficient (Wildman–Crippen LogP) is 3.43. The number of hydrogen-bond donors (Lipinski definition) is 2. The number of thiophene rings is 1. The van der Waals surface area contributed by atoms with E-state index in [1.54, 1.807) is 11.3 Å². The lowest BCUT2D eigenvalue weighted by molar-refractivity contribution is -0.137. The van der Waals surface area contributed by atoms with E-state index in [2.05, 4.69) is 12.2 Å². The maximum atomic E-state index is 11.0. The quantitative estimate of drug-likeness (QED) is 0.830. The van der Waals surface area contributed by atoms with Gasteiger partial charge in [-0.3, -0.25) is 4.79 Å². The lowest BCUT2D eigenvalue weighted by Crippen LogP contribution is -2.36. The van der Waals surface area contributed by atoms with Crippen LogP contribution in [0.4, 0.5) is 0 Å². The second-order valence-corrected chi connectivity index (χ2v) is 6.15. The third kappa shape index (κ3) is 3.56. The fourth-order valence-corrected chi connectivity index (χ4v) is 3.60. The Balaban J connectivity index is 1.98. The van der Waals surface area contributed by atoms with Crippen molar-refractivity contribution < 1.29 is 9.90 Å². The van der Waals surface area contributed by atoms with Crippen molar-refractivity contribution in [2.75, 3.05) is 0 Å². The Bertz CT molecular complexity index is 371. The zero-order valence-electron chi connectivity index (χ0n) is 10.8. The largest absolute Gasteiger partial charge is 0.481 e. The van der Waals surface area contributed by atoms with Gasteiger partial charge in [-0.25, -0.2) is 0 Å². The van der Waals surface area contributed by atoms with Crippen LogP contribution in [0.1, 0.15) is 49.9 Å². The Hall–Kier alpha value is -0.870. The molecule has 0 bridgehead atoms. The first kappa shape index (κ1) is 13.6. The molecule has 1 aromatic heterocycles. The molecule has 2 N–H and O–H groups in total. The van der Waals surface area contributed by atoms with Crippen molar-refractivity contribution in [1.82, 2.24) is 5.32 Å². The number of rotatable bonds is 6. The van der Waals surface area contributed by atoms with Gasteiger partial charge in [-0.05, 0) is 37.1 Å². The molecule has 0 radical (unpaired) electrons. The summed E-state index contributed by atoms with van der Waals surface area (Å²) in [5.74, 6) is -0.0271. The standard InChI is InChI=1S/C14H21NO2S/c1-10(11-5-2-3-6-11)15-12(9-14(16)17)13-7-4-8-18-13/h4,7-8,10-12,15H,2-3,5-6,9H2,1H3,(H,16,17). The highest BCUT2D eigenvalue weighted by Crippen LogP contribution is 2.30. The molecule has 2 rings (SSSR count). The summed E-state index contributed by atoms with van der Waals surface area (Å²) in [6.07, 6.45) is 5.35. The summed E-state index contributed by atoms with van der Waals surface area (Å²) in [6.45, 7) is 2.19. The summed E-state index contributed by atoms with van der Waals surface area (Å²) in [7, 11) is 0. The molecule has 1 aromatic rings. The monoisotopic (exact) mass is 267 g/mol. The summed E-state index contributed by atoms with van der Waals surface area (Å²) < 4.78 is 0. The highest BCUT2D eigenvalue weighted by Gasteiger charge is 2.25. The number of nitrogens with one attached hydrogen (secondary N) is 1. The highest BCUT2D eigenvalue weighted by molar-refractivity contribution is 7.10. The van der Waals surface area contributed by atoms with Crippen molar-refractivity contribution in [3.8, 4) is 0 Å². The fourth-order valence-electron chi connectivity index (χ4n) is 2.82. The number of hydrogen-bond acceptors (Lipinski definition) is 3. The molecule has 1 fully saturated rings. The molecule has 3 nitrogen and oxygen atoms in total. The Morgan fingerprint density at radius 2 is 2.28 bits per heavy atom. The summed E-state index contributed by atoms with van der Waals surface area (Å²) in [6, 6.07) is 4.36. The van der Waals surface area contributed by atoms with Crippen LogP contribution >= 0.6 is 11.3 Å². The maximum absolute atomic E-state index is 11.0. The minimum Gasteiger partial charge on any atom is -0.481 e. The fraction of sp³-hybridized carbons (Fsp3) is 0.643. The van der Waals surface area contributed by atoms with E-state index in [9.17, 15) is 4.79 Å². The maximum Gasteiger partial charge on any atom is 0.305 e. The Kier molecular flexibility index (Phi) is 4.78. The van der Waals surface area contributed by atoms with Gasteiger partial charge in [0.2, 0.25) is 0 Å². The Morgan fingerprint density at radius 3 is 2.83 bits per heavy atom. The van der Waals surface area contributed by atoms with Crippen molar-refractivity contribution in [1.29, 1.82) is 0 Å². The number of carbonyl (C=O) groups is 1. The van der Waals surface area contributed by atoms with Crippen molar-refractivity contribution in [3.05, 3.63) is 22.4 Å². The van der Waals surface area contributed by atoms with Crippen molar-refractivity contribution in [2.45, 2.75) is 51.1 Å². The van der Waals surface area contributed by atoms with E-state index in [0.29, 0.717) is 12.0 Å². The van der Waals surface area contributed by atoms with E-state index in [4.69, 9.17) is 5.11 Å². The molecule has 1 heterocycles. The third-order valence-corrected chi connectivity index (χ3v) is 4.82. The van der Waals surface area contributed by atoms with Gasteiger partial charge < -0.3 is 10.4 Å². The van der Waals surface area contributed by atoms with Crippen molar-refractivity contribution in [3.63, 3.8) is 0 Å². The first-order valence-corrected chi connectivity index (χ1v) is 7.56. The predicted molar refractivity (Wildman–Crippen MR) is 73.9 cm³/mol.